The summed E-state index contributed by atoms with van der Waals surface area (Å²) in [6, 6.07) is 13.0. The van der Waals surface area contributed by atoms with Gasteiger partial charge >= 0.3 is 0 Å². The number of anilines is 2. The summed E-state index contributed by atoms with van der Waals surface area (Å²) in [5.41, 5.74) is 3.90. The number of non-ortho nitro benzene ring substituents is 1. The number of amides is 2. The first-order valence-corrected chi connectivity index (χ1v) is 7.76. The molecule has 0 radical (unpaired) electrons. The van der Waals surface area contributed by atoms with Gasteiger partial charge < -0.3 is 4.90 Å². The van der Waals surface area contributed by atoms with Crippen LogP contribution in [-0.4, -0.2) is 30.8 Å². The monoisotopic (exact) mass is 352 g/mol. The summed E-state index contributed by atoms with van der Waals surface area (Å²) >= 11 is 0. The van der Waals surface area contributed by atoms with Crippen molar-refractivity contribution in [1.29, 1.82) is 0 Å². The number of carbonyl (C=O) groups is 2. The van der Waals surface area contributed by atoms with E-state index in [-0.39, 0.29) is 11.3 Å². The number of nitrogens with zero attached hydrogens (tertiary/aromatic N) is 3. The lowest BCUT2D eigenvalue weighted by molar-refractivity contribution is -0.384. The molecule has 1 aliphatic heterocycles. The highest BCUT2D eigenvalue weighted by molar-refractivity contribution is 6.31. The van der Waals surface area contributed by atoms with Crippen molar-refractivity contribution in [1.82, 2.24) is 5.43 Å². The quantitative estimate of drug-likeness (QED) is 0.394. The zero-order valence-corrected chi connectivity index (χ0v) is 14.2. The summed E-state index contributed by atoms with van der Waals surface area (Å²) in [6.07, 6.45) is 1.38. The molecule has 26 heavy (non-hydrogen) atoms. The second-order valence-electron chi connectivity index (χ2n) is 5.87. The molecule has 132 valence electrons. The number of hydrazine groups is 1. The van der Waals surface area contributed by atoms with Crippen molar-refractivity contribution >= 4 is 35.0 Å². The van der Waals surface area contributed by atoms with Gasteiger partial charge in [0.15, 0.2) is 0 Å². The highest BCUT2D eigenvalue weighted by Crippen LogP contribution is 2.28. The SMILES string of the molecule is CN(C)c1ccc([N+](=O)[O-])cc1/C=C1/C(=O)NN(c2ccccc2)C1=O. The number of hydrogen-bond donors (Lipinski definition) is 1. The Kier molecular flexibility index (Phi) is 4.40. The van der Waals surface area contributed by atoms with Crippen molar-refractivity contribution in [3.05, 3.63) is 69.8 Å². The van der Waals surface area contributed by atoms with Crippen LogP contribution in [0.1, 0.15) is 5.56 Å². The standard InChI is InChI=1S/C18H16N4O4/c1-20(2)16-9-8-14(22(25)26)10-12(16)11-15-17(23)19-21(18(15)24)13-6-4-3-5-7-13/h3-11H,1-2H3,(H,19,23)/b15-11-. The Morgan fingerprint density at radius 3 is 2.42 bits per heavy atom. The topological polar surface area (TPSA) is 95.8 Å². The van der Waals surface area contributed by atoms with Crippen molar-refractivity contribution in [2.45, 2.75) is 0 Å². The van der Waals surface area contributed by atoms with Gasteiger partial charge in [0, 0.05) is 37.5 Å². The molecular weight excluding hydrogens is 336 g/mol. The highest BCUT2D eigenvalue weighted by atomic mass is 16.6. The molecule has 0 aliphatic carbocycles. The van der Waals surface area contributed by atoms with Crippen molar-refractivity contribution in [3.8, 4) is 0 Å². The summed E-state index contributed by atoms with van der Waals surface area (Å²) in [7, 11) is 3.55. The molecule has 2 aromatic carbocycles. The molecule has 1 N–H and O–H groups in total. The lowest BCUT2D eigenvalue weighted by Gasteiger charge is -2.15. The maximum absolute atomic E-state index is 12.6. The molecule has 0 spiro atoms. The van der Waals surface area contributed by atoms with Gasteiger partial charge in [-0.05, 0) is 24.3 Å². The van der Waals surface area contributed by atoms with Gasteiger partial charge in [-0.1, -0.05) is 18.2 Å². The minimum Gasteiger partial charge on any atom is -0.377 e. The third-order valence-electron chi connectivity index (χ3n) is 3.91. The van der Waals surface area contributed by atoms with Gasteiger partial charge in [-0.2, -0.15) is 0 Å². The number of nitrogens with one attached hydrogen (secondary N) is 1. The molecule has 8 heteroatoms. The molecule has 8 nitrogen and oxygen atoms in total. The zero-order valence-electron chi connectivity index (χ0n) is 14.2. The third-order valence-corrected chi connectivity index (χ3v) is 3.91. The number of nitro groups is 1. The average molecular weight is 352 g/mol. The minimum atomic E-state index is -0.560. The number of nitro benzene ring substituents is 1. The van der Waals surface area contributed by atoms with E-state index in [4.69, 9.17) is 0 Å². The number of carbonyl (C=O) groups excluding carboxylic acids is 2. The van der Waals surface area contributed by atoms with Crippen LogP contribution in [0, 0.1) is 10.1 Å². The summed E-state index contributed by atoms with van der Waals surface area (Å²) in [5.74, 6) is -1.08. The van der Waals surface area contributed by atoms with Gasteiger partial charge in [-0.3, -0.25) is 25.1 Å². The molecule has 1 saturated heterocycles. The van der Waals surface area contributed by atoms with Crippen molar-refractivity contribution < 1.29 is 14.5 Å². The first-order chi connectivity index (χ1) is 12.4. The van der Waals surface area contributed by atoms with Crippen LogP contribution in [0.15, 0.2) is 54.1 Å². The maximum Gasteiger partial charge on any atom is 0.282 e. The van der Waals surface area contributed by atoms with Crippen molar-refractivity contribution in [2.75, 3.05) is 24.0 Å². The van der Waals surface area contributed by atoms with E-state index in [1.807, 2.05) is 0 Å². The molecule has 0 bridgehead atoms. The van der Waals surface area contributed by atoms with Crippen molar-refractivity contribution in [3.63, 3.8) is 0 Å². The van der Waals surface area contributed by atoms with E-state index in [0.29, 0.717) is 16.9 Å². The van der Waals surface area contributed by atoms with Gasteiger partial charge in [-0.25, -0.2) is 5.01 Å². The lowest BCUT2D eigenvalue weighted by Crippen LogP contribution is -2.35. The Hall–Kier alpha value is -3.68. The first-order valence-electron chi connectivity index (χ1n) is 7.76. The number of hydrogen-bond acceptors (Lipinski definition) is 5. The fraction of sp³-hybridized carbons (Fsp3) is 0.111. The van der Waals surface area contributed by atoms with Gasteiger partial charge in [0.05, 0.1) is 10.6 Å². The number of rotatable bonds is 4. The van der Waals surface area contributed by atoms with Crippen LogP contribution in [0.5, 0.6) is 0 Å². The van der Waals surface area contributed by atoms with Crippen LogP contribution >= 0.6 is 0 Å². The second-order valence-corrected chi connectivity index (χ2v) is 5.87. The molecule has 0 saturated carbocycles. The predicted molar refractivity (Wildman–Crippen MR) is 97.5 cm³/mol. The summed E-state index contributed by atoms with van der Waals surface area (Å²) < 4.78 is 0. The molecule has 2 amide bonds. The van der Waals surface area contributed by atoms with Gasteiger partial charge in [-0.15, -0.1) is 0 Å². The molecule has 2 aromatic rings. The van der Waals surface area contributed by atoms with Crippen LogP contribution in [0.3, 0.4) is 0 Å². The van der Waals surface area contributed by atoms with E-state index in [2.05, 4.69) is 5.43 Å². The second kappa shape index (κ2) is 6.67. The largest absolute Gasteiger partial charge is 0.377 e. The van der Waals surface area contributed by atoms with Crippen LogP contribution < -0.4 is 15.3 Å². The molecule has 1 fully saturated rings. The Bertz CT molecular complexity index is 922. The maximum atomic E-state index is 12.6. The van der Waals surface area contributed by atoms with Crippen LogP contribution in [-0.2, 0) is 9.59 Å². The minimum absolute atomic E-state index is 0.0857. The molecular formula is C18H16N4O4. The molecule has 1 heterocycles. The van der Waals surface area contributed by atoms with Crippen LogP contribution in [0.2, 0.25) is 0 Å². The Labute approximate surface area is 149 Å². The summed E-state index contributed by atoms with van der Waals surface area (Å²) in [6.45, 7) is 0. The normalized spacial score (nSPS) is 15.3. The predicted octanol–water partition coefficient (Wildman–Crippen LogP) is 2.12. The molecule has 0 unspecified atom stereocenters. The Morgan fingerprint density at radius 1 is 1.12 bits per heavy atom. The number of para-hydroxylation sites is 1. The molecule has 0 atom stereocenters. The lowest BCUT2D eigenvalue weighted by atomic mass is 10.1. The zero-order chi connectivity index (χ0) is 18.8. The van der Waals surface area contributed by atoms with Gasteiger partial charge in [0.1, 0.15) is 5.57 Å². The van der Waals surface area contributed by atoms with Crippen molar-refractivity contribution in [2.24, 2.45) is 0 Å². The van der Waals surface area contributed by atoms with Gasteiger partial charge in [0.25, 0.3) is 17.5 Å². The average Bonchev–Trinajstić information content (AvgIpc) is 2.90. The Balaban J connectivity index is 2.04. The highest BCUT2D eigenvalue weighted by Gasteiger charge is 2.34. The van der Waals surface area contributed by atoms with E-state index >= 15 is 0 Å². The van der Waals surface area contributed by atoms with Crippen LogP contribution in [0.4, 0.5) is 17.1 Å². The molecule has 1 aliphatic rings. The smallest absolute Gasteiger partial charge is 0.282 e. The van der Waals surface area contributed by atoms with E-state index in [1.54, 1.807) is 55.4 Å². The molecule has 3 rings (SSSR count). The molecule has 0 aromatic heterocycles. The Morgan fingerprint density at radius 2 is 1.81 bits per heavy atom. The summed E-state index contributed by atoms with van der Waals surface area (Å²) in [5, 5.41) is 12.2. The fourth-order valence-electron chi connectivity index (χ4n) is 2.65. The fourth-order valence-corrected chi connectivity index (χ4v) is 2.65. The first kappa shape index (κ1) is 17.2. The summed E-state index contributed by atoms with van der Waals surface area (Å²) in [4.78, 5) is 37.2. The number of benzene rings is 2. The van der Waals surface area contributed by atoms with Gasteiger partial charge in [0.2, 0.25) is 0 Å². The third kappa shape index (κ3) is 3.12. The van der Waals surface area contributed by atoms with E-state index < -0.39 is 16.7 Å². The van der Waals surface area contributed by atoms with E-state index in [0.717, 1.165) is 5.01 Å². The van der Waals surface area contributed by atoms with E-state index in [1.165, 1.54) is 18.2 Å². The van der Waals surface area contributed by atoms with Crippen LogP contribution in [0.25, 0.3) is 6.08 Å². The van der Waals surface area contributed by atoms with E-state index in [9.17, 15) is 19.7 Å².